The van der Waals surface area contributed by atoms with Gasteiger partial charge in [0.25, 0.3) is 0 Å². The lowest BCUT2D eigenvalue weighted by atomic mass is 10.1. The van der Waals surface area contributed by atoms with Gasteiger partial charge < -0.3 is 18.9 Å². The number of esters is 2. The fraction of sp³-hybridized carbons (Fsp3) is 0.227. The van der Waals surface area contributed by atoms with E-state index < -0.39 is 11.9 Å². The summed E-state index contributed by atoms with van der Waals surface area (Å²) in [6.07, 6.45) is 1.62. The number of nitrogens with zero attached hydrogens (tertiary/aromatic N) is 1. The van der Waals surface area contributed by atoms with Crippen LogP contribution in [0.15, 0.2) is 47.1 Å². The number of rotatable bonds is 7. The normalized spacial score (nSPS) is 14.3. The van der Waals surface area contributed by atoms with Gasteiger partial charge in [0, 0.05) is 5.56 Å². The second-order valence-corrected chi connectivity index (χ2v) is 7.44. The van der Waals surface area contributed by atoms with E-state index in [4.69, 9.17) is 18.9 Å². The molecule has 1 aliphatic heterocycles. The van der Waals surface area contributed by atoms with Crippen LogP contribution in [-0.4, -0.2) is 38.2 Å². The van der Waals surface area contributed by atoms with E-state index in [-0.39, 0.29) is 24.8 Å². The fourth-order valence-electron chi connectivity index (χ4n) is 2.79. The van der Waals surface area contributed by atoms with Crippen molar-refractivity contribution in [1.29, 1.82) is 0 Å². The zero-order valence-corrected chi connectivity index (χ0v) is 18.9. The van der Waals surface area contributed by atoms with Gasteiger partial charge in [-0.05, 0) is 71.8 Å². The first-order chi connectivity index (χ1) is 14.4. The van der Waals surface area contributed by atoms with Crippen LogP contribution in [0.5, 0.6) is 11.5 Å². The van der Waals surface area contributed by atoms with E-state index in [0.717, 1.165) is 11.1 Å². The molecule has 0 amide bonds. The molecule has 0 spiro atoms. The molecule has 8 heteroatoms. The molecule has 0 aromatic heterocycles. The number of aryl methyl sites for hydroxylation is 1. The molecule has 0 aliphatic carbocycles. The van der Waals surface area contributed by atoms with Crippen molar-refractivity contribution in [3.63, 3.8) is 0 Å². The third kappa shape index (κ3) is 4.99. The van der Waals surface area contributed by atoms with Crippen LogP contribution >= 0.6 is 22.6 Å². The monoisotopic (exact) mass is 521 g/mol. The van der Waals surface area contributed by atoms with E-state index in [1.165, 1.54) is 7.11 Å². The molecule has 2 aromatic rings. The van der Waals surface area contributed by atoms with E-state index in [1.807, 2.05) is 31.2 Å². The second-order valence-electron chi connectivity index (χ2n) is 6.28. The Labute approximate surface area is 187 Å². The van der Waals surface area contributed by atoms with Gasteiger partial charge in [-0.2, -0.15) is 0 Å². The highest BCUT2D eigenvalue weighted by atomic mass is 127. The predicted octanol–water partition coefficient (Wildman–Crippen LogP) is 3.89. The first-order valence-corrected chi connectivity index (χ1v) is 10.2. The Morgan fingerprint density at radius 3 is 2.73 bits per heavy atom. The highest BCUT2D eigenvalue weighted by Crippen LogP contribution is 2.35. The standard InChI is InChI=1S/C22H20INO6/c1-4-28-19(25)12-29-20-16(23)9-14(11-18(20)27-3)10-17-22(26)30-21(24-17)15-8-6-5-7-13(15)2/h5-11H,4,12H2,1-3H3/b17-10-. The van der Waals surface area contributed by atoms with Crippen LogP contribution in [0.25, 0.3) is 6.08 Å². The molecule has 0 radical (unpaired) electrons. The number of ether oxygens (including phenoxy) is 4. The molecule has 7 nitrogen and oxygen atoms in total. The van der Waals surface area contributed by atoms with Crippen LogP contribution in [0.1, 0.15) is 23.6 Å². The lowest BCUT2D eigenvalue weighted by Gasteiger charge is -2.13. The summed E-state index contributed by atoms with van der Waals surface area (Å²) < 4.78 is 21.9. The maximum absolute atomic E-state index is 12.3. The van der Waals surface area contributed by atoms with Crippen molar-refractivity contribution in [2.75, 3.05) is 20.3 Å². The zero-order chi connectivity index (χ0) is 21.7. The lowest BCUT2D eigenvalue weighted by molar-refractivity contribution is -0.145. The maximum atomic E-state index is 12.3. The van der Waals surface area contributed by atoms with E-state index in [1.54, 1.807) is 25.1 Å². The lowest BCUT2D eigenvalue weighted by Crippen LogP contribution is -2.15. The van der Waals surface area contributed by atoms with Crippen molar-refractivity contribution >= 4 is 46.5 Å². The number of benzene rings is 2. The first-order valence-electron chi connectivity index (χ1n) is 9.17. The quantitative estimate of drug-likeness (QED) is 0.313. The van der Waals surface area contributed by atoms with Gasteiger partial charge in [0.15, 0.2) is 23.8 Å². The maximum Gasteiger partial charge on any atom is 0.363 e. The third-order valence-electron chi connectivity index (χ3n) is 4.19. The van der Waals surface area contributed by atoms with E-state index in [9.17, 15) is 9.59 Å². The number of cyclic esters (lactones) is 1. The molecule has 2 aromatic carbocycles. The minimum absolute atomic E-state index is 0.186. The van der Waals surface area contributed by atoms with Gasteiger partial charge in [0.2, 0.25) is 5.90 Å². The molecule has 0 bridgehead atoms. The van der Waals surface area contributed by atoms with E-state index in [0.29, 0.717) is 20.6 Å². The number of hydrogen-bond acceptors (Lipinski definition) is 7. The van der Waals surface area contributed by atoms with Crippen LogP contribution in [0.4, 0.5) is 0 Å². The molecular weight excluding hydrogens is 501 g/mol. The average molecular weight is 521 g/mol. The van der Waals surface area contributed by atoms with Gasteiger partial charge in [-0.1, -0.05) is 18.2 Å². The average Bonchev–Trinajstić information content (AvgIpc) is 3.07. The molecule has 0 fully saturated rings. The Balaban J connectivity index is 1.88. The summed E-state index contributed by atoms with van der Waals surface area (Å²) in [6.45, 7) is 3.71. The fourth-order valence-corrected chi connectivity index (χ4v) is 3.57. The molecule has 1 heterocycles. The molecule has 156 valence electrons. The summed E-state index contributed by atoms with van der Waals surface area (Å²) in [5.74, 6) is 0.137. The Morgan fingerprint density at radius 1 is 1.27 bits per heavy atom. The number of carbonyl (C=O) groups is 2. The molecular formula is C22H20INO6. The van der Waals surface area contributed by atoms with Gasteiger partial charge in [-0.3, -0.25) is 0 Å². The van der Waals surface area contributed by atoms with Gasteiger partial charge in [-0.25, -0.2) is 14.6 Å². The van der Waals surface area contributed by atoms with Crippen LogP contribution in [0.3, 0.4) is 0 Å². The van der Waals surface area contributed by atoms with Crippen LogP contribution in [-0.2, 0) is 19.1 Å². The molecule has 0 unspecified atom stereocenters. The van der Waals surface area contributed by atoms with Crippen molar-refractivity contribution < 1.29 is 28.5 Å². The summed E-state index contributed by atoms with van der Waals surface area (Å²) in [6, 6.07) is 11.0. The van der Waals surface area contributed by atoms with E-state index >= 15 is 0 Å². The van der Waals surface area contributed by atoms with Gasteiger partial charge >= 0.3 is 11.9 Å². The molecule has 30 heavy (non-hydrogen) atoms. The Hall–Kier alpha value is -2.88. The third-order valence-corrected chi connectivity index (χ3v) is 4.99. The summed E-state index contributed by atoms with van der Waals surface area (Å²) in [5.41, 5.74) is 2.60. The minimum Gasteiger partial charge on any atom is -0.493 e. The number of hydrogen-bond donors (Lipinski definition) is 0. The van der Waals surface area contributed by atoms with Crippen LogP contribution in [0, 0.1) is 10.5 Å². The van der Waals surface area contributed by atoms with Crippen molar-refractivity contribution in [2.24, 2.45) is 4.99 Å². The molecule has 0 N–H and O–H groups in total. The van der Waals surface area contributed by atoms with Crippen molar-refractivity contribution in [3.05, 3.63) is 62.4 Å². The predicted molar refractivity (Wildman–Crippen MR) is 120 cm³/mol. The number of halogens is 1. The number of carbonyl (C=O) groups excluding carboxylic acids is 2. The SMILES string of the molecule is CCOC(=O)COc1c(I)cc(/C=C2\N=C(c3ccccc3C)OC2=O)cc1OC. The van der Waals surface area contributed by atoms with Gasteiger partial charge in [0.05, 0.1) is 17.3 Å². The smallest absolute Gasteiger partial charge is 0.363 e. The summed E-state index contributed by atoms with van der Waals surface area (Å²) in [5, 5.41) is 0. The minimum atomic E-state index is -0.523. The summed E-state index contributed by atoms with van der Waals surface area (Å²) in [7, 11) is 1.50. The topological polar surface area (TPSA) is 83.4 Å². The van der Waals surface area contributed by atoms with Crippen molar-refractivity contribution in [3.8, 4) is 11.5 Å². The van der Waals surface area contributed by atoms with Crippen LogP contribution in [0.2, 0.25) is 0 Å². The van der Waals surface area contributed by atoms with Crippen molar-refractivity contribution in [1.82, 2.24) is 0 Å². The molecule has 0 saturated carbocycles. The zero-order valence-electron chi connectivity index (χ0n) is 16.7. The first kappa shape index (κ1) is 21.8. The largest absolute Gasteiger partial charge is 0.493 e. The Bertz CT molecular complexity index is 1040. The summed E-state index contributed by atoms with van der Waals surface area (Å²) in [4.78, 5) is 28.2. The molecule has 1 aliphatic rings. The van der Waals surface area contributed by atoms with Crippen LogP contribution < -0.4 is 9.47 Å². The molecule has 0 saturated heterocycles. The van der Waals surface area contributed by atoms with E-state index in [2.05, 4.69) is 27.6 Å². The Kier molecular flexibility index (Phi) is 7.09. The van der Waals surface area contributed by atoms with Gasteiger partial charge in [-0.15, -0.1) is 0 Å². The summed E-state index contributed by atoms with van der Waals surface area (Å²) >= 11 is 2.07. The van der Waals surface area contributed by atoms with Gasteiger partial charge in [0.1, 0.15) is 0 Å². The second kappa shape index (κ2) is 9.75. The highest BCUT2D eigenvalue weighted by molar-refractivity contribution is 14.1. The number of aliphatic imine (C=N–C) groups is 1. The Morgan fingerprint density at radius 2 is 2.03 bits per heavy atom. The number of methoxy groups -OCH3 is 1. The van der Waals surface area contributed by atoms with Crippen molar-refractivity contribution in [2.45, 2.75) is 13.8 Å². The highest BCUT2D eigenvalue weighted by Gasteiger charge is 2.25. The molecule has 0 atom stereocenters. The molecule has 3 rings (SSSR count).